The first-order valence-corrected chi connectivity index (χ1v) is 13.3. The zero-order valence-electron chi connectivity index (χ0n) is 20.9. The number of amides is 2. The fraction of sp³-hybridized carbons (Fsp3) is 0.286. The van der Waals surface area contributed by atoms with Crippen molar-refractivity contribution in [3.05, 3.63) is 69.8 Å². The van der Waals surface area contributed by atoms with Crippen molar-refractivity contribution in [2.75, 3.05) is 23.9 Å². The number of halogens is 3. The van der Waals surface area contributed by atoms with E-state index >= 15 is 4.39 Å². The first-order chi connectivity index (χ1) is 18.7. The Morgan fingerprint density at radius 1 is 1.05 bits per heavy atom. The van der Waals surface area contributed by atoms with Crippen LogP contribution in [0.1, 0.15) is 43.0 Å². The molecule has 0 aromatic heterocycles. The molecule has 0 saturated carbocycles. The van der Waals surface area contributed by atoms with E-state index in [9.17, 15) is 23.6 Å². The molecule has 0 saturated heterocycles. The number of benzene rings is 2. The molecule has 0 N–H and O–H groups in total. The van der Waals surface area contributed by atoms with E-state index in [1.165, 1.54) is 12.1 Å². The molecule has 0 heterocycles. The van der Waals surface area contributed by atoms with E-state index in [-0.39, 0.29) is 58.4 Å². The van der Waals surface area contributed by atoms with Crippen LogP contribution in [0, 0.1) is 24.0 Å². The molecule has 11 heteroatoms. The molecule has 39 heavy (non-hydrogen) atoms. The number of carbonyl (C=O) groups excluding carboxylic acids is 4. The Labute approximate surface area is 233 Å². The molecule has 2 aromatic carbocycles. The van der Waals surface area contributed by atoms with Gasteiger partial charge in [-0.05, 0) is 62.9 Å². The number of terminal acetylenes is 1. The summed E-state index contributed by atoms with van der Waals surface area (Å²) < 4.78 is 39.3. The second-order valence-electron chi connectivity index (χ2n) is 8.23. The molecule has 0 atom stereocenters. The molecule has 0 unspecified atom stereocenters. The van der Waals surface area contributed by atoms with Gasteiger partial charge in [0.25, 0.3) is 11.8 Å². The number of nitrogens with zero attached hydrogens (tertiary/aromatic N) is 1. The summed E-state index contributed by atoms with van der Waals surface area (Å²) in [5.41, 5.74) is -0.723. The second kappa shape index (κ2) is 13.9. The van der Waals surface area contributed by atoms with Crippen LogP contribution in [0.2, 0.25) is 5.02 Å². The topological polar surface area (TPSA) is 90.0 Å². The van der Waals surface area contributed by atoms with Gasteiger partial charge in [-0.3, -0.25) is 14.4 Å². The summed E-state index contributed by atoms with van der Waals surface area (Å²) in [6, 6.07) is 6.61. The van der Waals surface area contributed by atoms with Crippen molar-refractivity contribution in [3.63, 3.8) is 0 Å². The fourth-order valence-electron chi connectivity index (χ4n) is 3.90. The molecule has 2 aromatic rings. The van der Waals surface area contributed by atoms with Gasteiger partial charge >= 0.3 is 11.9 Å². The number of esters is 2. The molecule has 2 amide bonds. The third kappa shape index (κ3) is 7.46. The summed E-state index contributed by atoms with van der Waals surface area (Å²) in [7, 11) is 0. The molecule has 0 spiro atoms. The summed E-state index contributed by atoms with van der Waals surface area (Å²) in [5.74, 6) is -3.12. The Hall–Kier alpha value is -3.68. The van der Waals surface area contributed by atoms with Gasteiger partial charge in [0, 0.05) is 21.6 Å². The highest BCUT2D eigenvalue weighted by Crippen LogP contribution is 2.36. The highest BCUT2D eigenvalue weighted by Gasteiger charge is 2.34. The van der Waals surface area contributed by atoms with Gasteiger partial charge in [-0.25, -0.2) is 18.5 Å². The predicted octanol–water partition coefficient (Wildman–Crippen LogP) is 5.49. The highest BCUT2D eigenvalue weighted by atomic mass is 35.5. The maximum absolute atomic E-state index is 15.4. The summed E-state index contributed by atoms with van der Waals surface area (Å²) in [6.07, 6.45) is 6.58. The predicted molar refractivity (Wildman–Crippen MR) is 142 cm³/mol. The van der Waals surface area contributed by atoms with Crippen LogP contribution in [-0.4, -0.2) is 42.7 Å². The van der Waals surface area contributed by atoms with Gasteiger partial charge in [-0.1, -0.05) is 23.6 Å². The second-order valence-corrected chi connectivity index (χ2v) is 9.65. The lowest BCUT2D eigenvalue weighted by Crippen LogP contribution is -2.40. The number of imide groups is 1. The smallest absolute Gasteiger partial charge is 0.335 e. The van der Waals surface area contributed by atoms with E-state index in [1.54, 1.807) is 6.92 Å². The zero-order chi connectivity index (χ0) is 28.5. The van der Waals surface area contributed by atoms with Gasteiger partial charge < -0.3 is 9.47 Å². The van der Waals surface area contributed by atoms with Crippen LogP contribution < -0.4 is 4.90 Å². The van der Waals surface area contributed by atoms with Crippen LogP contribution in [0.25, 0.3) is 0 Å². The number of anilines is 1. The van der Waals surface area contributed by atoms with Gasteiger partial charge in [0.1, 0.15) is 11.6 Å². The summed E-state index contributed by atoms with van der Waals surface area (Å²) in [6.45, 7) is 1.49. The minimum Gasteiger partial charge on any atom is -0.465 e. The van der Waals surface area contributed by atoms with Crippen LogP contribution in [0.5, 0.6) is 0 Å². The third-order valence-corrected chi connectivity index (χ3v) is 7.08. The minimum absolute atomic E-state index is 0.0322. The average Bonchev–Trinajstić information content (AvgIpc) is 2.92. The van der Waals surface area contributed by atoms with E-state index in [0.717, 1.165) is 36.0 Å². The molecule has 3 rings (SSSR count). The first kappa shape index (κ1) is 29.9. The van der Waals surface area contributed by atoms with E-state index in [2.05, 4.69) is 5.92 Å². The maximum Gasteiger partial charge on any atom is 0.335 e. The Kier molecular flexibility index (Phi) is 10.7. The van der Waals surface area contributed by atoms with Crippen molar-refractivity contribution in [3.8, 4) is 12.3 Å². The molecule has 1 aliphatic rings. The van der Waals surface area contributed by atoms with E-state index in [1.807, 2.05) is 0 Å². The van der Waals surface area contributed by atoms with Gasteiger partial charge in [-0.15, -0.1) is 18.2 Å². The normalized spacial score (nSPS) is 12.9. The molecule has 1 aliphatic carbocycles. The van der Waals surface area contributed by atoms with Crippen LogP contribution in [0.3, 0.4) is 0 Å². The molecular formula is C28H24ClF2NO6S. The molecule has 0 fully saturated rings. The largest absolute Gasteiger partial charge is 0.465 e. The van der Waals surface area contributed by atoms with Gasteiger partial charge in [0.05, 0.1) is 23.1 Å². The standard InChI is InChI=1S/C28H24ClF2NO6S/c1-3-12-38-28(36)20-11-6-5-10-19(20)27(35)32(26(34)17-8-7-9-18(30)13-17)23-15-24(21(29)14-22(23)31)39-16-25(33)37-4-2/h1,7-9,13-15H,4-6,10-12,16H2,2H3. The monoisotopic (exact) mass is 575 g/mol. The third-order valence-electron chi connectivity index (χ3n) is 5.63. The number of rotatable bonds is 9. The average molecular weight is 576 g/mol. The Morgan fingerprint density at radius 2 is 1.77 bits per heavy atom. The Balaban J connectivity index is 2.14. The quantitative estimate of drug-likeness (QED) is 0.169. The molecule has 0 bridgehead atoms. The van der Waals surface area contributed by atoms with Crippen molar-refractivity contribution in [2.24, 2.45) is 0 Å². The molecular weight excluding hydrogens is 552 g/mol. The van der Waals surface area contributed by atoms with Crippen molar-refractivity contribution in [1.82, 2.24) is 0 Å². The van der Waals surface area contributed by atoms with Crippen LogP contribution in [0.15, 0.2) is 52.4 Å². The summed E-state index contributed by atoms with van der Waals surface area (Å²) in [5, 5.41) is -0.0633. The van der Waals surface area contributed by atoms with E-state index in [4.69, 9.17) is 27.5 Å². The zero-order valence-corrected chi connectivity index (χ0v) is 22.5. The Bertz CT molecular complexity index is 1370. The van der Waals surface area contributed by atoms with Crippen molar-refractivity contribution < 1.29 is 37.4 Å². The summed E-state index contributed by atoms with van der Waals surface area (Å²) in [4.78, 5) is 52.8. The number of hydrogen-bond acceptors (Lipinski definition) is 7. The molecule has 204 valence electrons. The first-order valence-electron chi connectivity index (χ1n) is 11.9. The van der Waals surface area contributed by atoms with Crippen LogP contribution >= 0.6 is 23.4 Å². The number of carbonyl (C=O) groups is 4. The lowest BCUT2D eigenvalue weighted by Gasteiger charge is -2.26. The van der Waals surface area contributed by atoms with Gasteiger partial charge in [-0.2, -0.15) is 0 Å². The van der Waals surface area contributed by atoms with Crippen molar-refractivity contribution in [2.45, 2.75) is 37.5 Å². The summed E-state index contributed by atoms with van der Waals surface area (Å²) >= 11 is 7.11. The molecule has 7 nitrogen and oxygen atoms in total. The van der Waals surface area contributed by atoms with Crippen molar-refractivity contribution >= 4 is 52.8 Å². The molecule has 0 radical (unpaired) electrons. The number of ether oxygens (including phenoxy) is 2. The lowest BCUT2D eigenvalue weighted by atomic mass is 9.90. The van der Waals surface area contributed by atoms with Gasteiger partial charge in [0.2, 0.25) is 0 Å². The lowest BCUT2D eigenvalue weighted by molar-refractivity contribution is -0.140. The Morgan fingerprint density at radius 3 is 2.44 bits per heavy atom. The van der Waals surface area contributed by atoms with Crippen molar-refractivity contribution in [1.29, 1.82) is 0 Å². The fourth-order valence-corrected chi connectivity index (χ4v) is 4.96. The molecule has 0 aliphatic heterocycles. The van der Waals surface area contributed by atoms with Crippen LogP contribution in [-0.2, 0) is 23.9 Å². The maximum atomic E-state index is 15.4. The van der Waals surface area contributed by atoms with Gasteiger partial charge in [0.15, 0.2) is 6.61 Å². The van der Waals surface area contributed by atoms with E-state index < -0.39 is 41.1 Å². The minimum atomic E-state index is -1.03. The van der Waals surface area contributed by atoms with E-state index in [0.29, 0.717) is 17.7 Å². The number of thioether (sulfide) groups is 1. The van der Waals surface area contributed by atoms with Crippen LogP contribution in [0.4, 0.5) is 14.5 Å². The number of hydrogen-bond donors (Lipinski definition) is 0. The highest BCUT2D eigenvalue weighted by molar-refractivity contribution is 8.00. The SMILES string of the molecule is C#CCOC(=O)C1=C(C(=O)N(C(=O)c2cccc(F)c2)c2cc(SCC(=O)OCC)c(Cl)cc2F)CCCC1.